The van der Waals surface area contributed by atoms with E-state index in [1.165, 1.54) is 5.56 Å². The summed E-state index contributed by atoms with van der Waals surface area (Å²) in [6, 6.07) is 30.3. The predicted molar refractivity (Wildman–Crippen MR) is 119 cm³/mol. The van der Waals surface area contributed by atoms with Crippen LogP contribution >= 0.6 is 7.14 Å². The molecule has 0 spiro atoms. The van der Waals surface area contributed by atoms with E-state index in [4.69, 9.17) is 0 Å². The Morgan fingerprint density at radius 2 is 1.18 bits per heavy atom. The number of aryl methyl sites for hydroxylation is 2. The SMILES string of the molecule is Cc1ccc(-n2c(C)cc(P(=O)(c3ccccc3)c3ccccc3)c2C)cc1. The third-order valence-electron chi connectivity index (χ3n) is 5.28. The van der Waals surface area contributed by atoms with Gasteiger partial charge < -0.3 is 9.13 Å². The molecule has 1 aromatic heterocycles. The summed E-state index contributed by atoms with van der Waals surface area (Å²) in [5, 5.41) is 2.64. The minimum Gasteiger partial charge on any atom is -0.318 e. The van der Waals surface area contributed by atoms with Crippen molar-refractivity contribution in [2.75, 3.05) is 0 Å². The van der Waals surface area contributed by atoms with Crippen LogP contribution in [0.5, 0.6) is 0 Å². The van der Waals surface area contributed by atoms with Gasteiger partial charge in [-0.25, -0.2) is 0 Å². The normalized spacial score (nSPS) is 11.5. The molecule has 3 heteroatoms. The van der Waals surface area contributed by atoms with Crippen LogP contribution < -0.4 is 15.9 Å². The van der Waals surface area contributed by atoms with Crippen molar-refractivity contribution >= 4 is 23.1 Å². The average Bonchev–Trinajstić information content (AvgIpc) is 3.04. The molecule has 0 fully saturated rings. The monoisotopic (exact) mass is 385 g/mol. The summed E-state index contributed by atoms with van der Waals surface area (Å²) in [5.74, 6) is 0. The van der Waals surface area contributed by atoms with Crippen LogP contribution in [0.15, 0.2) is 91.0 Å². The van der Waals surface area contributed by atoms with Gasteiger partial charge in [0.05, 0.1) is 0 Å². The Morgan fingerprint density at radius 3 is 1.68 bits per heavy atom. The molecule has 4 rings (SSSR count). The Labute approximate surface area is 166 Å². The van der Waals surface area contributed by atoms with Crippen molar-refractivity contribution in [2.45, 2.75) is 20.8 Å². The Bertz CT molecular complexity index is 1100. The molecule has 4 aromatic rings. The second-order valence-electron chi connectivity index (χ2n) is 7.21. The lowest BCUT2D eigenvalue weighted by Crippen LogP contribution is -2.26. The quantitative estimate of drug-likeness (QED) is 0.451. The first-order valence-electron chi connectivity index (χ1n) is 9.49. The molecule has 0 unspecified atom stereocenters. The standard InChI is InChI=1S/C25H24NOP/c1-19-14-16-22(17-15-19)26-20(2)18-25(21(26)3)28(27,23-10-6-4-7-11-23)24-12-8-5-9-13-24/h4-18H,1-3H3. The Balaban J connectivity index is 1.98. The molecule has 140 valence electrons. The lowest BCUT2D eigenvalue weighted by atomic mass is 10.2. The molecule has 0 bridgehead atoms. The van der Waals surface area contributed by atoms with E-state index in [2.05, 4.69) is 55.7 Å². The molecule has 0 radical (unpaired) electrons. The highest BCUT2D eigenvalue weighted by molar-refractivity contribution is 7.85. The maximum Gasteiger partial charge on any atom is 0.172 e. The summed E-state index contributed by atoms with van der Waals surface area (Å²) in [6.07, 6.45) is 0. The van der Waals surface area contributed by atoms with Crippen LogP contribution in [-0.2, 0) is 4.57 Å². The molecule has 0 N–H and O–H groups in total. The van der Waals surface area contributed by atoms with Gasteiger partial charge in [-0.05, 0) is 39.0 Å². The van der Waals surface area contributed by atoms with Gasteiger partial charge in [-0.3, -0.25) is 0 Å². The van der Waals surface area contributed by atoms with E-state index in [-0.39, 0.29) is 0 Å². The largest absolute Gasteiger partial charge is 0.318 e. The van der Waals surface area contributed by atoms with E-state index in [9.17, 15) is 4.57 Å². The van der Waals surface area contributed by atoms with Gasteiger partial charge in [-0.15, -0.1) is 0 Å². The molecule has 0 saturated heterocycles. The molecule has 0 aliphatic heterocycles. The van der Waals surface area contributed by atoms with Gasteiger partial charge in [-0.1, -0.05) is 78.4 Å². The topological polar surface area (TPSA) is 22.0 Å². The van der Waals surface area contributed by atoms with Crippen LogP contribution in [0.3, 0.4) is 0 Å². The fourth-order valence-electron chi connectivity index (χ4n) is 3.86. The second kappa shape index (κ2) is 7.30. The van der Waals surface area contributed by atoms with Crippen LogP contribution in [-0.4, -0.2) is 4.57 Å². The van der Waals surface area contributed by atoms with Crippen molar-refractivity contribution in [3.8, 4) is 5.69 Å². The second-order valence-corrected chi connectivity index (χ2v) is 9.94. The number of nitrogens with zero attached hydrogens (tertiary/aromatic N) is 1. The highest BCUT2D eigenvalue weighted by atomic mass is 31.2. The Kier molecular flexibility index (Phi) is 4.83. The molecule has 0 atom stereocenters. The summed E-state index contributed by atoms with van der Waals surface area (Å²) < 4.78 is 16.9. The van der Waals surface area contributed by atoms with Gasteiger partial charge in [0, 0.05) is 33.0 Å². The predicted octanol–water partition coefficient (Wildman–Crippen LogP) is 5.04. The summed E-state index contributed by atoms with van der Waals surface area (Å²) in [4.78, 5) is 0. The van der Waals surface area contributed by atoms with Crippen molar-refractivity contribution in [2.24, 2.45) is 0 Å². The highest BCUT2D eigenvalue weighted by Crippen LogP contribution is 2.44. The molecular formula is C25H24NOP. The molecule has 2 nitrogen and oxygen atoms in total. The third-order valence-corrected chi connectivity index (χ3v) is 8.46. The van der Waals surface area contributed by atoms with E-state index in [0.717, 1.165) is 33.0 Å². The first-order chi connectivity index (χ1) is 13.5. The Morgan fingerprint density at radius 1 is 0.679 bits per heavy atom. The maximum absolute atomic E-state index is 14.7. The summed E-state index contributed by atoms with van der Waals surface area (Å²) in [5.41, 5.74) is 4.44. The van der Waals surface area contributed by atoms with Gasteiger partial charge in [0.25, 0.3) is 0 Å². The summed E-state index contributed by atoms with van der Waals surface area (Å²) in [7, 11) is -2.97. The van der Waals surface area contributed by atoms with E-state index >= 15 is 0 Å². The van der Waals surface area contributed by atoms with Gasteiger partial charge in [0.1, 0.15) is 0 Å². The van der Waals surface area contributed by atoms with Crippen molar-refractivity contribution in [3.05, 3.63) is 108 Å². The minimum absolute atomic E-state index is 0.866. The van der Waals surface area contributed by atoms with Crippen LogP contribution in [0.25, 0.3) is 5.69 Å². The third kappa shape index (κ3) is 3.04. The zero-order chi connectivity index (χ0) is 19.7. The molecular weight excluding hydrogens is 361 g/mol. The number of aromatic nitrogens is 1. The van der Waals surface area contributed by atoms with Crippen molar-refractivity contribution in [1.82, 2.24) is 4.57 Å². The van der Waals surface area contributed by atoms with Gasteiger partial charge in [0.15, 0.2) is 7.14 Å². The van der Waals surface area contributed by atoms with E-state index < -0.39 is 7.14 Å². The summed E-state index contributed by atoms with van der Waals surface area (Å²) >= 11 is 0. The molecule has 3 aromatic carbocycles. The lowest BCUT2D eigenvalue weighted by molar-refractivity contribution is 0.592. The molecule has 0 aliphatic rings. The lowest BCUT2D eigenvalue weighted by Gasteiger charge is -2.20. The van der Waals surface area contributed by atoms with E-state index in [1.54, 1.807) is 0 Å². The summed E-state index contributed by atoms with van der Waals surface area (Å²) in [6.45, 7) is 6.24. The molecule has 1 heterocycles. The fraction of sp³-hybridized carbons (Fsp3) is 0.120. The maximum atomic E-state index is 14.7. The number of hydrogen-bond acceptors (Lipinski definition) is 1. The average molecular weight is 385 g/mol. The molecule has 0 aliphatic carbocycles. The zero-order valence-electron chi connectivity index (χ0n) is 16.5. The smallest absolute Gasteiger partial charge is 0.172 e. The van der Waals surface area contributed by atoms with Crippen LogP contribution in [0.1, 0.15) is 17.0 Å². The van der Waals surface area contributed by atoms with Crippen LogP contribution in [0.2, 0.25) is 0 Å². The fourth-order valence-corrected chi connectivity index (χ4v) is 6.82. The highest BCUT2D eigenvalue weighted by Gasteiger charge is 2.33. The number of rotatable bonds is 4. The van der Waals surface area contributed by atoms with E-state index in [1.807, 2.05) is 60.7 Å². The van der Waals surface area contributed by atoms with Gasteiger partial charge in [0.2, 0.25) is 0 Å². The number of hydrogen-bond donors (Lipinski definition) is 0. The van der Waals surface area contributed by atoms with E-state index in [0.29, 0.717) is 0 Å². The first kappa shape index (κ1) is 18.5. The molecule has 0 saturated carbocycles. The van der Waals surface area contributed by atoms with Gasteiger partial charge >= 0.3 is 0 Å². The first-order valence-corrected chi connectivity index (χ1v) is 11.2. The van der Waals surface area contributed by atoms with Crippen molar-refractivity contribution in [3.63, 3.8) is 0 Å². The zero-order valence-corrected chi connectivity index (χ0v) is 17.4. The molecule has 0 amide bonds. The van der Waals surface area contributed by atoms with Crippen LogP contribution in [0.4, 0.5) is 0 Å². The molecule has 28 heavy (non-hydrogen) atoms. The number of benzene rings is 3. The van der Waals surface area contributed by atoms with Crippen molar-refractivity contribution in [1.29, 1.82) is 0 Å². The van der Waals surface area contributed by atoms with Gasteiger partial charge in [-0.2, -0.15) is 0 Å². The Hall–Kier alpha value is -2.83. The van der Waals surface area contributed by atoms with Crippen LogP contribution in [0, 0.1) is 20.8 Å². The van der Waals surface area contributed by atoms with Crippen molar-refractivity contribution < 1.29 is 4.57 Å². The minimum atomic E-state index is -2.97.